The number of aromatic carboxylic acids is 1. The molecule has 0 radical (unpaired) electrons. The first kappa shape index (κ1) is 14.9. The molecule has 2 aromatic rings. The summed E-state index contributed by atoms with van der Waals surface area (Å²) in [5.41, 5.74) is 0.360. The fourth-order valence-corrected chi connectivity index (χ4v) is 1.89. The van der Waals surface area contributed by atoms with Gasteiger partial charge in [-0.3, -0.25) is 10.1 Å². The summed E-state index contributed by atoms with van der Waals surface area (Å²) in [6.45, 7) is 1.69. The summed E-state index contributed by atoms with van der Waals surface area (Å²) in [4.78, 5) is 20.8. The van der Waals surface area contributed by atoms with Gasteiger partial charge in [-0.15, -0.1) is 0 Å². The van der Waals surface area contributed by atoms with Gasteiger partial charge >= 0.3 is 5.97 Å². The third kappa shape index (κ3) is 3.32. The Hall–Kier alpha value is -2.54. The monoisotopic (exact) mass is 311 g/mol. The van der Waals surface area contributed by atoms with E-state index < -0.39 is 10.9 Å². The van der Waals surface area contributed by atoms with E-state index in [0.29, 0.717) is 17.1 Å². The molecule has 21 heavy (non-hydrogen) atoms. The van der Waals surface area contributed by atoms with Crippen molar-refractivity contribution in [1.29, 1.82) is 0 Å². The number of hydrogen-bond acceptors (Lipinski definition) is 5. The lowest BCUT2D eigenvalue weighted by atomic mass is 10.2. The van der Waals surface area contributed by atoms with Gasteiger partial charge in [-0.1, -0.05) is 11.6 Å². The van der Waals surface area contributed by atoms with Crippen LogP contribution in [0.3, 0.4) is 0 Å². The third-order valence-corrected chi connectivity index (χ3v) is 3.04. The molecule has 1 N–H and O–H groups in total. The van der Waals surface area contributed by atoms with Gasteiger partial charge < -0.3 is 14.3 Å². The van der Waals surface area contributed by atoms with Crippen LogP contribution in [0.1, 0.15) is 21.9 Å². The van der Waals surface area contributed by atoms with Crippen LogP contribution >= 0.6 is 11.6 Å². The van der Waals surface area contributed by atoms with Crippen LogP contribution in [0, 0.1) is 17.0 Å². The van der Waals surface area contributed by atoms with E-state index in [4.69, 9.17) is 25.9 Å². The molecule has 0 unspecified atom stereocenters. The lowest BCUT2D eigenvalue weighted by Gasteiger charge is -2.05. The zero-order chi connectivity index (χ0) is 15.6. The highest BCUT2D eigenvalue weighted by atomic mass is 35.5. The summed E-state index contributed by atoms with van der Waals surface area (Å²) in [7, 11) is 0. The first-order valence-corrected chi connectivity index (χ1v) is 6.15. The molecule has 7 nitrogen and oxygen atoms in total. The Bertz CT molecular complexity index is 709. The Morgan fingerprint density at radius 3 is 2.71 bits per heavy atom. The van der Waals surface area contributed by atoms with E-state index >= 15 is 0 Å². The second-order valence-electron chi connectivity index (χ2n) is 4.16. The third-order valence-electron chi connectivity index (χ3n) is 2.74. The van der Waals surface area contributed by atoms with Crippen molar-refractivity contribution in [3.8, 4) is 5.75 Å². The average Bonchev–Trinajstić information content (AvgIpc) is 2.77. The molecule has 1 aromatic carbocycles. The second kappa shape index (κ2) is 5.84. The highest BCUT2D eigenvalue weighted by Gasteiger charge is 2.15. The van der Waals surface area contributed by atoms with Gasteiger partial charge in [-0.25, -0.2) is 4.79 Å². The highest BCUT2D eigenvalue weighted by Crippen LogP contribution is 2.29. The predicted octanol–water partition coefficient (Wildman–Crippen LogP) is 3.43. The van der Waals surface area contributed by atoms with Crippen LogP contribution in [-0.4, -0.2) is 16.0 Å². The van der Waals surface area contributed by atoms with Crippen LogP contribution in [0.4, 0.5) is 5.69 Å². The lowest BCUT2D eigenvalue weighted by Crippen LogP contribution is -1.97. The van der Waals surface area contributed by atoms with E-state index in [1.807, 2.05) is 0 Å². The number of nitro groups is 1. The van der Waals surface area contributed by atoms with E-state index in [9.17, 15) is 14.9 Å². The van der Waals surface area contributed by atoms with Gasteiger partial charge in [0.25, 0.3) is 5.69 Å². The minimum Gasteiger partial charge on any atom is -0.489 e. The van der Waals surface area contributed by atoms with Gasteiger partial charge in [0.2, 0.25) is 5.76 Å². The summed E-state index contributed by atoms with van der Waals surface area (Å²) in [5, 5.41) is 19.4. The summed E-state index contributed by atoms with van der Waals surface area (Å²) in [6, 6.07) is 5.35. The molecule has 0 fully saturated rings. The number of carboxylic acids is 1. The van der Waals surface area contributed by atoms with Crippen LogP contribution < -0.4 is 4.74 Å². The van der Waals surface area contributed by atoms with Gasteiger partial charge in [0.05, 0.1) is 4.92 Å². The normalized spacial score (nSPS) is 10.4. The largest absolute Gasteiger partial charge is 0.489 e. The van der Waals surface area contributed by atoms with Crippen molar-refractivity contribution in [2.75, 3.05) is 0 Å². The van der Waals surface area contributed by atoms with Crippen LogP contribution in [0.25, 0.3) is 0 Å². The second-order valence-corrected chi connectivity index (χ2v) is 4.56. The highest BCUT2D eigenvalue weighted by molar-refractivity contribution is 6.32. The van der Waals surface area contributed by atoms with Crippen molar-refractivity contribution in [2.24, 2.45) is 0 Å². The fourth-order valence-electron chi connectivity index (χ4n) is 1.66. The number of halogens is 1. The topological polar surface area (TPSA) is 103 Å². The van der Waals surface area contributed by atoms with Gasteiger partial charge in [0, 0.05) is 17.7 Å². The standard InChI is InChI=1S/C13H10ClNO6/c1-7-8(4-12(21-7)13(16)17)6-20-9-2-3-11(15(18)19)10(14)5-9/h2-5H,6H2,1H3,(H,16,17). The van der Waals surface area contributed by atoms with Crippen molar-refractivity contribution < 1.29 is 24.0 Å². The first-order chi connectivity index (χ1) is 9.88. The number of ether oxygens (including phenoxy) is 1. The van der Waals surface area contributed by atoms with E-state index in [1.54, 1.807) is 6.92 Å². The van der Waals surface area contributed by atoms with Crippen molar-refractivity contribution >= 4 is 23.3 Å². The number of nitrogens with zero attached hydrogens (tertiary/aromatic N) is 1. The number of furan rings is 1. The SMILES string of the molecule is Cc1oc(C(=O)O)cc1COc1ccc([N+](=O)[O-])c(Cl)c1. The number of nitro benzene ring substituents is 1. The van der Waals surface area contributed by atoms with Gasteiger partial charge in [0.15, 0.2) is 0 Å². The Morgan fingerprint density at radius 2 is 2.19 bits per heavy atom. The zero-order valence-electron chi connectivity index (χ0n) is 10.8. The molecule has 0 spiro atoms. The zero-order valence-corrected chi connectivity index (χ0v) is 11.6. The summed E-state index contributed by atoms with van der Waals surface area (Å²) >= 11 is 5.77. The molecule has 1 heterocycles. The molecule has 0 aliphatic rings. The molecule has 0 amide bonds. The average molecular weight is 312 g/mol. The summed E-state index contributed by atoms with van der Waals surface area (Å²) in [6.07, 6.45) is 0. The Morgan fingerprint density at radius 1 is 1.48 bits per heavy atom. The predicted molar refractivity (Wildman–Crippen MR) is 72.8 cm³/mol. The van der Waals surface area contributed by atoms with Crippen molar-refractivity contribution in [1.82, 2.24) is 0 Å². The molecule has 0 bridgehead atoms. The first-order valence-electron chi connectivity index (χ1n) is 5.78. The maximum atomic E-state index is 10.8. The summed E-state index contributed by atoms with van der Waals surface area (Å²) < 4.78 is 10.5. The van der Waals surface area contributed by atoms with Gasteiger partial charge in [-0.2, -0.15) is 0 Å². The molecule has 8 heteroatoms. The van der Waals surface area contributed by atoms with Gasteiger partial charge in [-0.05, 0) is 19.1 Å². The van der Waals surface area contributed by atoms with E-state index in [-0.39, 0.29) is 23.1 Å². The van der Waals surface area contributed by atoms with Crippen molar-refractivity contribution in [3.05, 3.63) is 56.5 Å². The maximum Gasteiger partial charge on any atom is 0.371 e. The lowest BCUT2D eigenvalue weighted by molar-refractivity contribution is -0.384. The maximum absolute atomic E-state index is 10.8. The Balaban J connectivity index is 2.11. The van der Waals surface area contributed by atoms with E-state index in [2.05, 4.69) is 0 Å². The molecule has 2 rings (SSSR count). The van der Waals surface area contributed by atoms with Crippen LogP contribution in [-0.2, 0) is 6.61 Å². The van der Waals surface area contributed by atoms with Gasteiger partial charge in [0.1, 0.15) is 23.1 Å². The number of carboxylic acid groups (broad SMARTS) is 1. The molecule has 0 saturated heterocycles. The van der Waals surface area contributed by atoms with E-state index in [0.717, 1.165) is 0 Å². The molecule has 1 aromatic heterocycles. The minimum absolute atomic E-state index is 0.0346. The van der Waals surface area contributed by atoms with Crippen molar-refractivity contribution in [3.63, 3.8) is 0 Å². The Labute approximate surface area is 123 Å². The number of carbonyl (C=O) groups is 1. The molecule has 110 valence electrons. The molecule has 0 aliphatic heterocycles. The van der Waals surface area contributed by atoms with Crippen LogP contribution in [0.5, 0.6) is 5.75 Å². The molecule has 0 atom stereocenters. The molecule has 0 aliphatic carbocycles. The summed E-state index contributed by atoms with van der Waals surface area (Å²) in [5.74, 6) is -0.570. The van der Waals surface area contributed by atoms with Crippen LogP contribution in [0.2, 0.25) is 5.02 Å². The quantitative estimate of drug-likeness (QED) is 0.670. The number of aryl methyl sites for hydroxylation is 1. The number of rotatable bonds is 5. The fraction of sp³-hybridized carbons (Fsp3) is 0.154. The molecular weight excluding hydrogens is 302 g/mol. The number of benzene rings is 1. The minimum atomic E-state index is -1.16. The Kier molecular flexibility index (Phi) is 4.13. The number of hydrogen-bond donors (Lipinski definition) is 1. The molecular formula is C13H10ClNO6. The van der Waals surface area contributed by atoms with E-state index in [1.165, 1.54) is 24.3 Å². The molecule has 0 saturated carbocycles. The smallest absolute Gasteiger partial charge is 0.371 e. The van der Waals surface area contributed by atoms with Crippen LogP contribution in [0.15, 0.2) is 28.7 Å². The van der Waals surface area contributed by atoms with Crippen molar-refractivity contribution in [2.45, 2.75) is 13.5 Å².